The maximum Gasteiger partial charge on any atom is 0.00631 e. The summed E-state index contributed by atoms with van der Waals surface area (Å²) in [5.74, 6) is 0. The Hall–Kier alpha value is -0.860. The summed E-state index contributed by atoms with van der Waals surface area (Å²) in [5, 5.41) is 0. The molecule has 16 heavy (non-hydrogen) atoms. The van der Waals surface area contributed by atoms with Crippen LogP contribution >= 0.6 is 0 Å². The fraction of sp³-hybridized carbons (Fsp3) is 0.571. The third-order valence-electron chi connectivity index (χ3n) is 3.06. The molecule has 2 heteroatoms. The first-order valence-corrected chi connectivity index (χ1v) is 6.18. The monoisotopic (exact) mass is 220 g/mol. The van der Waals surface area contributed by atoms with E-state index in [2.05, 4.69) is 36.6 Å². The van der Waals surface area contributed by atoms with Crippen LogP contribution in [0.4, 0.5) is 0 Å². The molecule has 2 nitrogen and oxygen atoms in total. The molecule has 0 bridgehead atoms. The third-order valence-corrected chi connectivity index (χ3v) is 3.06. The summed E-state index contributed by atoms with van der Waals surface area (Å²) in [6.07, 6.45) is 11.6. The Balaban J connectivity index is 2.32. The Morgan fingerprint density at radius 3 is 2.69 bits per heavy atom. The lowest BCUT2D eigenvalue weighted by Gasteiger charge is -2.30. The van der Waals surface area contributed by atoms with Gasteiger partial charge in [-0.05, 0) is 44.8 Å². The van der Waals surface area contributed by atoms with Crippen molar-refractivity contribution in [3.63, 3.8) is 0 Å². The molecule has 1 rings (SSSR count). The van der Waals surface area contributed by atoms with Gasteiger partial charge in [-0.1, -0.05) is 30.9 Å². The van der Waals surface area contributed by atoms with Crippen molar-refractivity contribution in [3.05, 3.63) is 36.5 Å². The molecule has 0 spiro atoms. The van der Waals surface area contributed by atoms with Crippen LogP contribution in [0.15, 0.2) is 36.5 Å². The number of rotatable bonds is 5. The summed E-state index contributed by atoms with van der Waals surface area (Å²) in [6, 6.07) is 0.426. The molecule has 1 fully saturated rings. The molecule has 0 unspecified atom stereocenters. The van der Waals surface area contributed by atoms with E-state index in [9.17, 15) is 0 Å². The van der Waals surface area contributed by atoms with Crippen molar-refractivity contribution in [2.75, 3.05) is 19.6 Å². The molecule has 0 aromatic rings. The summed E-state index contributed by atoms with van der Waals surface area (Å²) < 4.78 is 0. The first-order valence-electron chi connectivity index (χ1n) is 6.18. The number of nitrogens with zero attached hydrogens (tertiary/aromatic N) is 1. The van der Waals surface area contributed by atoms with Gasteiger partial charge in [-0.3, -0.25) is 0 Å². The van der Waals surface area contributed by atoms with E-state index < -0.39 is 0 Å². The molecule has 1 aliphatic rings. The summed E-state index contributed by atoms with van der Waals surface area (Å²) >= 11 is 0. The standard InChI is InChI=1S/C14H24N2/c1-3-5-13(6-4-2)7-10-16-11-8-14(15)9-12-16/h3-6,14H,1,7-12,15H2,2H3/b6-4-,13-5+. The van der Waals surface area contributed by atoms with Crippen LogP contribution < -0.4 is 5.73 Å². The molecular formula is C14H24N2. The average Bonchev–Trinajstić information content (AvgIpc) is 2.29. The zero-order chi connectivity index (χ0) is 11.8. The lowest BCUT2D eigenvalue weighted by Crippen LogP contribution is -2.40. The third kappa shape index (κ3) is 4.77. The first kappa shape index (κ1) is 13.2. The number of piperidine rings is 1. The largest absolute Gasteiger partial charge is 0.328 e. The Kier molecular flexibility index (Phi) is 6.12. The first-order chi connectivity index (χ1) is 7.76. The highest BCUT2D eigenvalue weighted by molar-refractivity contribution is 5.22. The van der Waals surface area contributed by atoms with Crippen LogP contribution in [0.25, 0.3) is 0 Å². The number of nitrogens with two attached hydrogens (primary N) is 1. The SMILES string of the molecule is C=C/C=C(\C=C/C)CCN1CCC(N)CC1. The van der Waals surface area contributed by atoms with Crippen LogP contribution in [0.3, 0.4) is 0 Å². The average molecular weight is 220 g/mol. The molecule has 2 N–H and O–H groups in total. The van der Waals surface area contributed by atoms with Gasteiger partial charge in [-0.15, -0.1) is 0 Å². The fourth-order valence-corrected chi connectivity index (χ4v) is 2.05. The Bertz CT molecular complexity index is 258. The second-order valence-corrected chi connectivity index (χ2v) is 4.41. The van der Waals surface area contributed by atoms with E-state index in [1.54, 1.807) is 0 Å². The minimum atomic E-state index is 0.426. The Morgan fingerprint density at radius 2 is 2.12 bits per heavy atom. The Morgan fingerprint density at radius 1 is 1.44 bits per heavy atom. The van der Waals surface area contributed by atoms with E-state index >= 15 is 0 Å². The van der Waals surface area contributed by atoms with Crippen LogP contribution in [0, 0.1) is 0 Å². The van der Waals surface area contributed by atoms with E-state index in [1.165, 1.54) is 5.57 Å². The zero-order valence-electron chi connectivity index (χ0n) is 10.4. The predicted octanol–water partition coefficient (Wildman–Crippen LogP) is 2.49. The van der Waals surface area contributed by atoms with Crippen LogP contribution in [0.1, 0.15) is 26.2 Å². The van der Waals surface area contributed by atoms with Gasteiger partial charge in [0.05, 0.1) is 0 Å². The summed E-state index contributed by atoms with van der Waals surface area (Å²) in [5.41, 5.74) is 7.24. The van der Waals surface area contributed by atoms with Gasteiger partial charge >= 0.3 is 0 Å². The second kappa shape index (κ2) is 7.42. The molecule has 0 saturated carbocycles. The van der Waals surface area contributed by atoms with Crippen molar-refractivity contribution in [2.24, 2.45) is 5.73 Å². The topological polar surface area (TPSA) is 29.3 Å². The molecule has 0 aromatic carbocycles. The minimum Gasteiger partial charge on any atom is -0.328 e. The zero-order valence-corrected chi connectivity index (χ0v) is 10.4. The van der Waals surface area contributed by atoms with Crippen molar-refractivity contribution in [1.29, 1.82) is 0 Å². The van der Waals surface area contributed by atoms with Gasteiger partial charge in [0, 0.05) is 12.6 Å². The number of hydrogen-bond donors (Lipinski definition) is 1. The minimum absolute atomic E-state index is 0.426. The van der Waals surface area contributed by atoms with E-state index in [0.29, 0.717) is 6.04 Å². The molecule has 0 amide bonds. The summed E-state index contributed by atoms with van der Waals surface area (Å²) in [4.78, 5) is 2.50. The van der Waals surface area contributed by atoms with Gasteiger partial charge in [0.2, 0.25) is 0 Å². The molecule has 0 radical (unpaired) electrons. The Labute approximate surface area is 99.5 Å². The highest BCUT2D eigenvalue weighted by Crippen LogP contribution is 2.11. The maximum absolute atomic E-state index is 5.89. The quantitative estimate of drug-likeness (QED) is 0.721. The number of allylic oxidation sites excluding steroid dienone is 4. The van der Waals surface area contributed by atoms with Gasteiger partial charge < -0.3 is 10.6 Å². The predicted molar refractivity (Wildman–Crippen MR) is 71.4 cm³/mol. The van der Waals surface area contributed by atoms with E-state index in [-0.39, 0.29) is 0 Å². The van der Waals surface area contributed by atoms with Gasteiger partial charge in [-0.2, -0.15) is 0 Å². The van der Waals surface area contributed by atoms with Crippen molar-refractivity contribution in [1.82, 2.24) is 4.90 Å². The van der Waals surface area contributed by atoms with Crippen LogP contribution in [0.5, 0.6) is 0 Å². The molecule has 1 aliphatic heterocycles. The summed E-state index contributed by atoms with van der Waals surface area (Å²) in [7, 11) is 0. The highest BCUT2D eigenvalue weighted by atomic mass is 15.1. The van der Waals surface area contributed by atoms with Gasteiger partial charge in [0.1, 0.15) is 0 Å². The van der Waals surface area contributed by atoms with Crippen molar-refractivity contribution in [2.45, 2.75) is 32.2 Å². The smallest absolute Gasteiger partial charge is 0.00631 e. The van der Waals surface area contributed by atoms with Crippen LogP contribution in [0.2, 0.25) is 0 Å². The fourth-order valence-electron chi connectivity index (χ4n) is 2.05. The lowest BCUT2D eigenvalue weighted by atomic mass is 10.0. The van der Waals surface area contributed by atoms with Crippen molar-refractivity contribution < 1.29 is 0 Å². The van der Waals surface area contributed by atoms with Gasteiger partial charge in [0.15, 0.2) is 0 Å². The molecule has 1 saturated heterocycles. The second-order valence-electron chi connectivity index (χ2n) is 4.41. The molecular weight excluding hydrogens is 196 g/mol. The summed E-state index contributed by atoms with van der Waals surface area (Å²) in [6.45, 7) is 9.24. The highest BCUT2D eigenvalue weighted by Gasteiger charge is 2.15. The number of likely N-dealkylation sites (tertiary alicyclic amines) is 1. The van der Waals surface area contributed by atoms with Crippen molar-refractivity contribution >= 4 is 0 Å². The molecule has 90 valence electrons. The van der Waals surface area contributed by atoms with Crippen LogP contribution in [-0.2, 0) is 0 Å². The molecule has 1 heterocycles. The van der Waals surface area contributed by atoms with Crippen LogP contribution in [-0.4, -0.2) is 30.6 Å². The normalized spacial score (nSPS) is 20.5. The van der Waals surface area contributed by atoms with Crippen molar-refractivity contribution in [3.8, 4) is 0 Å². The van der Waals surface area contributed by atoms with E-state index in [1.807, 2.05) is 6.08 Å². The van der Waals surface area contributed by atoms with Gasteiger partial charge in [0.25, 0.3) is 0 Å². The van der Waals surface area contributed by atoms with Gasteiger partial charge in [-0.25, -0.2) is 0 Å². The molecule has 0 aliphatic carbocycles. The van der Waals surface area contributed by atoms with E-state index in [4.69, 9.17) is 5.73 Å². The molecule has 0 atom stereocenters. The van der Waals surface area contributed by atoms with E-state index in [0.717, 1.165) is 38.9 Å². The molecule has 0 aromatic heterocycles. The lowest BCUT2D eigenvalue weighted by molar-refractivity contribution is 0.216. The number of hydrogen-bond acceptors (Lipinski definition) is 2. The maximum atomic E-state index is 5.89.